The summed E-state index contributed by atoms with van der Waals surface area (Å²) in [6, 6.07) is 0. The Morgan fingerprint density at radius 1 is 0.388 bits per heavy atom. The summed E-state index contributed by atoms with van der Waals surface area (Å²) in [6.07, 6.45) is 7.00. The predicted octanol–water partition coefficient (Wildman–Crippen LogP) is 8.88. The second kappa shape index (κ2) is 26.6. The zero-order valence-electron chi connectivity index (χ0n) is 46.2. The zero-order valence-corrected chi connectivity index (χ0v) is 46.2. The molecule has 5 heterocycles. The maximum atomic E-state index is 12.7. The summed E-state index contributed by atoms with van der Waals surface area (Å²) >= 11 is 0. The second-order valence-electron chi connectivity index (χ2n) is 24.9. The molecule has 5 fully saturated rings. The van der Waals surface area contributed by atoms with Gasteiger partial charge < -0.3 is 34.1 Å². The van der Waals surface area contributed by atoms with Crippen molar-refractivity contribution >= 4 is 35.4 Å². The van der Waals surface area contributed by atoms with Gasteiger partial charge in [0.2, 0.25) is 35.4 Å². The van der Waals surface area contributed by atoms with Gasteiger partial charge in [-0.25, -0.2) is 8.78 Å². The minimum Gasteiger partial charge on any atom is -0.378 e. The monoisotopic (exact) mass is 957 g/mol. The van der Waals surface area contributed by atoms with Gasteiger partial charge in [-0.05, 0) is 38.5 Å². The number of nitrogens with zero attached hydrogens (tertiary/aromatic N) is 6. The van der Waals surface area contributed by atoms with Gasteiger partial charge in [-0.2, -0.15) is 0 Å². The first-order valence-corrected chi connectivity index (χ1v) is 24.8. The Morgan fingerprint density at radius 2 is 0.657 bits per heavy atom. The summed E-state index contributed by atoms with van der Waals surface area (Å²) < 4.78 is 30.7. The van der Waals surface area contributed by atoms with Crippen LogP contribution >= 0.6 is 0 Å². The van der Waals surface area contributed by atoms with Crippen LogP contribution in [0.2, 0.25) is 0 Å². The molecule has 0 atom stereocenters. The van der Waals surface area contributed by atoms with E-state index < -0.39 is 17.9 Å². The van der Waals surface area contributed by atoms with Crippen molar-refractivity contribution in [1.82, 2.24) is 29.4 Å². The van der Waals surface area contributed by atoms with Crippen molar-refractivity contribution in [1.29, 1.82) is 0 Å². The molecule has 67 heavy (non-hydrogen) atoms. The van der Waals surface area contributed by atoms with Crippen molar-refractivity contribution in [3.05, 3.63) is 0 Å². The van der Waals surface area contributed by atoms with Gasteiger partial charge in [0.15, 0.2) is 0 Å². The van der Waals surface area contributed by atoms with Crippen LogP contribution in [0.4, 0.5) is 8.78 Å². The van der Waals surface area contributed by atoms with Crippen LogP contribution in [0.3, 0.4) is 0 Å². The lowest BCUT2D eigenvalue weighted by Gasteiger charge is -2.35. The molecular weight excluding hydrogens is 859 g/mol. The van der Waals surface area contributed by atoms with E-state index in [1.165, 1.54) is 43.4 Å². The van der Waals surface area contributed by atoms with Crippen molar-refractivity contribution in [3.8, 4) is 0 Å². The van der Waals surface area contributed by atoms with Crippen molar-refractivity contribution < 1.29 is 42.3 Å². The lowest BCUT2D eigenvalue weighted by atomic mass is 9.93. The van der Waals surface area contributed by atoms with Gasteiger partial charge in [-0.15, -0.1) is 0 Å². The normalized spacial score (nSPS) is 18.6. The predicted molar refractivity (Wildman–Crippen MR) is 266 cm³/mol. The lowest BCUT2D eigenvalue weighted by Crippen LogP contribution is -2.47. The number of piperidine rings is 1. The highest BCUT2D eigenvalue weighted by Gasteiger charge is 2.42. The van der Waals surface area contributed by atoms with Crippen molar-refractivity contribution in [2.24, 2.45) is 32.5 Å². The molecule has 5 rings (SSSR count). The maximum Gasteiger partial charge on any atom is 0.267 e. The summed E-state index contributed by atoms with van der Waals surface area (Å²) in [7, 11) is 3.54. The summed E-state index contributed by atoms with van der Waals surface area (Å²) in [4.78, 5) is 79.7. The van der Waals surface area contributed by atoms with Crippen molar-refractivity contribution in [2.45, 2.75) is 175 Å². The Bertz CT molecular complexity index is 1510. The van der Waals surface area contributed by atoms with E-state index in [1.54, 1.807) is 39.8 Å². The lowest BCUT2D eigenvalue weighted by molar-refractivity contribution is -0.144. The molecule has 0 aromatic rings. The van der Waals surface area contributed by atoms with E-state index in [0.717, 1.165) is 52.4 Å². The maximum absolute atomic E-state index is 12.7. The van der Waals surface area contributed by atoms with Gasteiger partial charge in [0, 0.05) is 112 Å². The van der Waals surface area contributed by atoms with Crippen LogP contribution in [-0.4, -0.2) is 164 Å². The molecule has 392 valence electrons. The van der Waals surface area contributed by atoms with E-state index in [9.17, 15) is 37.5 Å². The van der Waals surface area contributed by atoms with Crippen LogP contribution in [0.5, 0.6) is 0 Å². The average molecular weight is 957 g/mol. The smallest absolute Gasteiger partial charge is 0.267 e. The number of hydrogen-bond donors (Lipinski definition) is 0. The van der Waals surface area contributed by atoms with Gasteiger partial charge >= 0.3 is 0 Å². The number of hydrogen-bond acceptors (Lipinski definition) is 7. The first-order valence-electron chi connectivity index (χ1n) is 24.8. The number of likely N-dealkylation sites (tertiary alicyclic amines) is 4. The number of halogens is 2. The molecule has 0 unspecified atom stereocenters. The Kier molecular flexibility index (Phi) is 25.2. The van der Waals surface area contributed by atoms with Gasteiger partial charge in [0.05, 0.1) is 19.8 Å². The molecule has 0 bridgehead atoms. The molecule has 0 N–H and O–H groups in total. The third-order valence-electron chi connectivity index (χ3n) is 11.2. The van der Waals surface area contributed by atoms with Gasteiger partial charge in [-0.3, -0.25) is 28.8 Å². The number of morpholine rings is 1. The molecule has 15 heteroatoms. The number of rotatable bonds is 0. The van der Waals surface area contributed by atoms with E-state index in [4.69, 9.17) is 4.74 Å². The fourth-order valence-corrected chi connectivity index (χ4v) is 7.25. The molecule has 13 nitrogen and oxygen atoms in total. The molecule has 0 aliphatic carbocycles. The third-order valence-corrected chi connectivity index (χ3v) is 11.2. The fourth-order valence-electron chi connectivity index (χ4n) is 7.25. The van der Waals surface area contributed by atoms with Crippen molar-refractivity contribution in [2.75, 3.05) is 92.8 Å². The fraction of sp³-hybridized carbons (Fsp3) is 0.885. The van der Waals surface area contributed by atoms with Crippen LogP contribution in [0.1, 0.15) is 170 Å². The van der Waals surface area contributed by atoms with Gasteiger partial charge in [0.1, 0.15) is 0 Å². The van der Waals surface area contributed by atoms with Crippen LogP contribution in [0, 0.1) is 32.5 Å². The van der Waals surface area contributed by atoms with E-state index in [0.29, 0.717) is 30.9 Å². The molecular formula is C52H98F2N6O7. The zero-order chi connectivity index (χ0) is 52.6. The minimum atomic E-state index is -2.68. The summed E-state index contributed by atoms with van der Waals surface area (Å²) in [5, 5.41) is 0. The van der Waals surface area contributed by atoms with Crippen molar-refractivity contribution in [3.63, 3.8) is 0 Å². The third kappa shape index (κ3) is 24.7. The van der Waals surface area contributed by atoms with Crippen LogP contribution in [-0.2, 0) is 33.5 Å². The first-order chi connectivity index (χ1) is 30.1. The molecule has 0 aromatic heterocycles. The second-order valence-corrected chi connectivity index (χ2v) is 24.9. The molecule has 0 aromatic carbocycles. The molecule has 5 saturated heterocycles. The average Bonchev–Trinajstić information content (AvgIpc) is 3.85. The van der Waals surface area contributed by atoms with E-state index >= 15 is 0 Å². The summed E-state index contributed by atoms with van der Waals surface area (Å²) in [5.41, 5.74) is -1.61. The van der Waals surface area contributed by atoms with Crippen LogP contribution < -0.4 is 0 Å². The minimum absolute atomic E-state index is 0.169. The number of ether oxygens (including phenoxy) is 1. The molecule has 5 aliphatic heterocycles. The molecule has 5 aliphatic rings. The first kappa shape index (κ1) is 63.6. The molecule has 0 saturated carbocycles. The summed E-state index contributed by atoms with van der Waals surface area (Å²) in [5.74, 6) is -1.57. The molecule has 0 spiro atoms. The SMILES string of the molecule is CC(C)(C)C(=O)N1CCC(F)(F)C1.CC(C)(C)C(=O)N1CCC1.CC(C)(C)C(=O)N1CCCC1.CC(C)(C)C(=O)N1CCCCC1.CC(C)(C)C(=O)N1CCOCC1.CN(C)C(=O)C(C)(C)C. The Labute approximate surface area is 406 Å². The highest BCUT2D eigenvalue weighted by molar-refractivity contribution is 5.84. The highest BCUT2D eigenvalue weighted by atomic mass is 19.3. The number of carbonyl (C=O) groups excluding carboxylic acids is 6. The van der Waals surface area contributed by atoms with E-state index in [-0.39, 0.29) is 57.8 Å². The number of amides is 6. The van der Waals surface area contributed by atoms with Gasteiger partial charge in [-0.1, -0.05) is 125 Å². The number of alkyl halides is 2. The Hall–Kier alpha value is -3.36. The number of carbonyl (C=O) groups is 6. The van der Waals surface area contributed by atoms with Gasteiger partial charge in [0.25, 0.3) is 5.92 Å². The molecule has 0 radical (unpaired) electrons. The highest BCUT2D eigenvalue weighted by Crippen LogP contribution is 2.30. The standard InChI is InChI=1S/C10H19NO.C9H15F2NO.C9H17NO2.C9H17NO.C8H15NO.C7H15NO/c1-10(2,3)9(12)11-7-5-4-6-8-11;1-8(2,3)7(13)12-5-4-9(10,11)6-12;1-9(2,3)8(11)10-4-6-12-7-5-10;1-9(2,3)8(11)10-6-4-5-7-10;1-8(2,3)7(10)9-5-4-6-9;1-7(2,3)6(9)8(4)5/h4-8H2,1-3H3;4-6H2,1-3H3;4-7H2,1-3H3;4-7H2,1-3H3;4-6H2,1-3H3;1-5H3. The van der Waals surface area contributed by atoms with E-state index in [2.05, 4.69) is 0 Å². The topological polar surface area (TPSA) is 131 Å². The summed E-state index contributed by atoms with van der Waals surface area (Å²) in [6.45, 7) is 43.1. The largest absolute Gasteiger partial charge is 0.378 e. The molecule has 6 amide bonds. The Morgan fingerprint density at radius 3 is 0.866 bits per heavy atom. The Balaban J connectivity index is 0.000000783. The van der Waals surface area contributed by atoms with E-state index in [1.807, 2.05) is 123 Å². The quantitative estimate of drug-likeness (QED) is 0.237. The van der Waals surface area contributed by atoms with Crippen LogP contribution in [0.15, 0.2) is 0 Å². The van der Waals surface area contributed by atoms with Crippen LogP contribution in [0.25, 0.3) is 0 Å².